The Hall–Kier alpha value is -3.00. The van der Waals surface area contributed by atoms with E-state index in [4.69, 9.17) is 0 Å². The summed E-state index contributed by atoms with van der Waals surface area (Å²) in [5.41, 5.74) is 2.81. The van der Waals surface area contributed by atoms with Crippen LogP contribution in [-0.2, 0) is 4.74 Å². The lowest BCUT2D eigenvalue weighted by Gasteiger charge is -2.17. The van der Waals surface area contributed by atoms with E-state index in [-0.39, 0.29) is 12.1 Å². The van der Waals surface area contributed by atoms with Gasteiger partial charge in [-0.2, -0.15) is 11.8 Å². The first-order chi connectivity index (χ1) is 13.6. The van der Waals surface area contributed by atoms with Crippen molar-refractivity contribution in [3.8, 4) is 0 Å². The SMILES string of the molecule is COC(=O)c1ccc(NC(=O)N[C@H](CCSC)c2nc3ccccc3[nH]2)cc1. The first-order valence-corrected chi connectivity index (χ1v) is 10.2. The van der Waals surface area contributed by atoms with Crippen LogP contribution in [0.3, 0.4) is 0 Å². The Bertz CT molecular complexity index is 922. The van der Waals surface area contributed by atoms with Crippen molar-refractivity contribution >= 4 is 40.5 Å². The molecule has 0 unspecified atom stereocenters. The number of hydrogen-bond donors (Lipinski definition) is 3. The number of urea groups is 1. The van der Waals surface area contributed by atoms with E-state index in [9.17, 15) is 9.59 Å². The molecule has 3 N–H and O–H groups in total. The molecular formula is C20H22N4O3S. The van der Waals surface area contributed by atoms with Gasteiger partial charge in [0.2, 0.25) is 0 Å². The predicted octanol–water partition coefficient (Wildman–Crippen LogP) is 3.97. The third-order valence-corrected chi connectivity index (χ3v) is 4.86. The summed E-state index contributed by atoms with van der Waals surface area (Å²) >= 11 is 1.71. The number of imidazole rings is 1. The fraction of sp³-hybridized carbons (Fsp3) is 0.250. The highest BCUT2D eigenvalue weighted by atomic mass is 32.2. The van der Waals surface area contributed by atoms with E-state index < -0.39 is 5.97 Å². The number of nitrogens with zero attached hydrogens (tertiary/aromatic N) is 1. The maximum absolute atomic E-state index is 12.5. The van der Waals surface area contributed by atoms with Crippen LogP contribution in [0.25, 0.3) is 11.0 Å². The summed E-state index contributed by atoms with van der Waals surface area (Å²) in [4.78, 5) is 31.9. The number of rotatable bonds is 7. The second-order valence-corrected chi connectivity index (χ2v) is 7.13. The molecule has 0 aliphatic rings. The lowest BCUT2D eigenvalue weighted by atomic mass is 10.2. The smallest absolute Gasteiger partial charge is 0.337 e. The molecule has 0 saturated heterocycles. The Morgan fingerprint density at radius 1 is 1.18 bits per heavy atom. The van der Waals surface area contributed by atoms with Crippen molar-refractivity contribution in [3.05, 3.63) is 59.9 Å². The molecule has 0 spiro atoms. The van der Waals surface area contributed by atoms with Gasteiger partial charge in [-0.15, -0.1) is 0 Å². The molecule has 0 aliphatic heterocycles. The Labute approximate surface area is 167 Å². The number of esters is 1. The van der Waals surface area contributed by atoms with Crippen LogP contribution in [0.4, 0.5) is 10.5 Å². The summed E-state index contributed by atoms with van der Waals surface area (Å²) in [5.74, 6) is 1.19. The molecule has 2 amide bonds. The molecule has 1 aromatic heterocycles. The van der Waals surface area contributed by atoms with Crippen molar-refractivity contribution in [2.24, 2.45) is 0 Å². The van der Waals surface area contributed by atoms with Crippen molar-refractivity contribution < 1.29 is 14.3 Å². The number of H-pyrrole nitrogens is 1. The number of thioether (sulfide) groups is 1. The number of amides is 2. The molecule has 8 heteroatoms. The Kier molecular flexibility index (Phi) is 6.54. The average molecular weight is 398 g/mol. The lowest BCUT2D eigenvalue weighted by Crippen LogP contribution is -2.33. The Morgan fingerprint density at radius 3 is 2.61 bits per heavy atom. The second-order valence-electron chi connectivity index (χ2n) is 6.14. The third kappa shape index (κ3) is 4.83. The molecule has 2 aromatic carbocycles. The molecule has 3 rings (SSSR count). The molecule has 0 radical (unpaired) electrons. The zero-order valence-electron chi connectivity index (χ0n) is 15.7. The molecule has 0 aliphatic carbocycles. The second kappa shape index (κ2) is 9.27. The minimum atomic E-state index is -0.419. The largest absolute Gasteiger partial charge is 0.465 e. The number of carbonyl (C=O) groups is 2. The van der Waals surface area contributed by atoms with Gasteiger partial charge < -0.3 is 20.4 Å². The summed E-state index contributed by atoms with van der Waals surface area (Å²) in [6.45, 7) is 0. The molecule has 0 bridgehead atoms. The minimum Gasteiger partial charge on any atom is -0.465 e. The fourth-order valence-electron chi connectivity index (χ4n) is 2.78. The van der Waals surface area contributed by atoms with Crippen LogP contribution in [0.5, 0.6) is 0 Å². The molecule has 7 nitrogen and oxygen atoms in total. The van der Waals surface area contributed by atoms with E-state index in [1.54, 1.807) is 36.0 Å². The van der Waals surface area contributed by atoms with Crippen molar-refractivity contribution in [2.75, 3.05) is 24.4 Å². The van der Waals surface area contributed by atoms with E-state index >= 15 is 0 Å². The molecule has 1 heterocycles. The summed E-state index contributed by atoms with van der Waals surface area (Å²) < 4.78 is 4.67. The highest BCUT2D eigenvalue weighted by molar-refractivity contribution is 7.98. The van der Waals surface area contributed by atoms with E-state index in [2.05, 4.69) is 25.3 Å². The molecule has 0 saturated carbocycles. The topological polar surface area (TPSA) is 96.1 Å². The number of fused-ring (bicyclic) bond motifs is 1. The Balaban J connectivity index is 1.69. The maximum Gasteiger partial charge on any atom is 0.337 e. The lowest BCUT2D eigenvalue weighted by molar-refractivity contribution is 0.0600. The summed E-state index contributed by atoms with van der Waals surface area (Å²) in [7, 11) is 1.33. The number of aromatic nitrogens is 2. The molecule has 28 heavy (non-hydrogen) atoms. The van der Waals surface area contributed by atoms with Crippen LogP contribution in [0.1, 0.15) is 28.6 Å². The number of ether oxygens (including phenoxy) is 1. The minimum absolute atomic E-state index is 0.241. The van der Waals surface area contributed by atoms with Crippen molar-refractivity contribution in [3.63, 3.8) is 0 Å². The highest BCUT2D eigenvalue weighted by Crippen LogP contribution is 2.20. The molecule has 3 aromatic rings. The molecule has 1 atom stereocenters. The van der Waals surface area contributed by atoms with Gasteiger partial charge in [0.05, 0.1) is 29.7 Å². The number of aromatic amines is 1. The van der Waals surface area contributed by atoms with Gasteiger partial charge in [0.25, 0.3) is 0 Å². The van der Waals surface area contributed by atoms with Gasteiger partial charge in [-0.05, 0) is 54.8 Å². The van der Waals surface area contributed by atoms with Crippen LogP contribution < -0.4 is 10.6 Å². The number of nitrogens with one attached hydrogen (secondary N) is 3. The predicted molar refractivity (Wildman–Crippen MR) is 112 cm³/mol. The summed E-state index contributed by atoms with van der Waals surface area (Å²) in [5, 5.41) is 5.76. The van der Waals surface area contributed by atoms with Crippen molar-refractivity contribution in [2.45, 2.75) is 12.5 Å². The van der Waals surface area contributed by atoms with E-state index in [1.807, 2.05) is 30.5 Å². The molecular weight excluding hydrogens is 376 g/mol. The van der Waals surface area contributed by atoms with Crippen molar-refractivity contribution in [1.82, 2.24) is 15.3 Å². The van der Waals surface area contributed by atoms with Crippen molar-refractivity contribution in [1.29, 1.82) is 0 Å². The summed E-state index contributed by atoms with van der Waals surface area (Å²) in [6, 6.07) is 13.7. The number of benzene rings is 2. The van der Waals surface area contributed by atoms with Gasteiger partial charge in [-0.25, -0.2) is 14.6 Å². The standard InChI is InChI=1S/C20H22N4O3S/c1-27-19(25)13-7-9-14(10-8-13)21-20(26)24-17(11-12-28-2)18-22-15-5-3-4-6-16(15)23-18/h3-10,17H,11-12H2,1-2H3,(H,22,23)(H2,21,24,26)/t17-/m1/s1. The van der Waals surface area contributed by atoms with Crippen LogP contribution >= 0.6 is 11.8 Å². The zero-order chi connectivity index (χ0) is 19.9. The normalized spacial score (nSPS) is 11.8. The highest BCUT2D eigenvalue weighted by Gasteiger charge is 2.18. The third-order valence-electron chi connectivity index (χ3n) is 4.22. The van der Waals surface area contributed by atoms with Crippen LogP contribution in [-0.4, -0.2) is 41.1 Å². The molecule has 146 valence electrons. The number of para-hydroxylation sites is 2. The maximum atomic E-state index is 12.5. The molecule has 0 fully saturated rings. The number of anilines is 1. The number of hydrogen-bond acceptors (Lipinski definition) is 5. The van der Waals surface area contributed by atoms with Gasteiger partial charge in [0, 0.05) is 5.69 Å². The Morgan fingerprint density at radius 2 is 1.93 bits per heavy atom. The van der Waals surface area contributed by atoms with Crippen LogP contribution in [0, 0.1) is 0 Å². The zero-order valence-corrected chi connectivity index (χ0v) is 16.5. The fourth-order valence-corrected chi connectivity index (χ4v) is 3.25. The van der Waals surface area contributed by atoms with Crippen LogP contribution in [0.15, 0.2) is 48.5 Å². The number of methoxy groups -OCH3 is 1. The average Bonchev–Trinajstić information content (AvgIpc) is 3.15. The van der Waals surface area contributed by atoms with E-state index in [0.29, 0.717) is 11.3 Å². The van der Waals surface area contributed by atoms with Gasteiger partial charge >= 0.3 is 12.0 Å². The monoisotopic (exact) mass is 398 g/mol. The van der Waals surface area contributed by atoms with Crippen LogP contribution in [0.2, 0.25) is 0 Å². The number of carbonyl (C=O) groups excluding carboxylic acids is 2. The first kappa shape index (κ1) is 19.8. The van der Waals surface area contributed by atoms with Gasteiger partial charge in [-0.1, -0.05) is 12.1 Å². The van der Waals surface area contributed by atoms with Gasteiger partial charge in [-0.3, -0.25) is 0 Å². The van der Waals surface area contributed by atoms with Gasteiger partial charge in [0.15, 0.2) is 0 Å². The first-order valence-electron chi connectivity index (χ1n) is 8.80. The van der Waals surface area contributed by atoms with E-state index in [0.717, 1.165) is 29.0 Å². The van der Waals surface area contributed by atoms with Gasteiger partial charge in [0.1, 0.15) is 5.82 Å². The van der Waals surface area contributed by atoms with E-state index in [1.165, 1.54) is 7.11 Å². The summed E-state index contributed by atoms with van der Waals surface area (Å²) in [6.07, 6.45) is 2.77. The quantitative estimate of drug-likeness (QED) is 0.524.